The normalized spacial score (nSPS) is 12.2. The number of hydrogen-bond donors (Lipinski definition) is 0. The summed E-state index contributed by atoms with van der Waals surface area (Å²) < 4.78 is 0. The van der Waals surface area contributed by atoms with Gasteiger partial charge in [-0.15, -0.1) is 0 Å². The van der Waals surface area contributed by atoms with Crippen LogP contribution in [0.5, 0.6) is 0 Å². The number of benzene rings is 8. The second-order valence-electron chi connectivity index (χ2n) is 14.0. The highest BCUT2D eigenvalue weighted by atomic mass is 14.7. The lowest BCUT2D eigenvalue weighted by molar-refractivity contribution is 1.33. The summed E-state index contributed by atoms with van der Waals surface area (Å²) in [6.45, 7) is 0. The van der Waals surface area contributed by atoms with Crippen molar-refractivity contribution in [3.8, 4) is 33.6 Å². The zero-order valence-corrected chi connectivity index (χ0v) is 28.1. The van der Waals surface area contributed by atoms with Gasteiger partial charge in [-0.1, -0.05) is 121 Å². The minimum atomic E-state index is 0.975. The van der Waals surface area contributed by atoms with Crippen LogP contribution in [0.25, 0.3) is 120 Å². The molecule has 0 saturated heterocycles. The van der Waals surface area contributed by atoms with E-state index in [1.165, 1.54) is 108 Å². The predicted octanol–water partition coefficient (Wildman–Crippen LogP) is 13.6. The van der Waals surface area contributed by atoms with Crippen LogP contribution in [0.4, 0.5) is 0 Å². The minimum absolute atomic E-state index is 0.975. The molecule has 0 unspecified atom stereocenters. The molecule has 0 aliphatic heterocycles. The Hall–Kier alpha value is -6.90. The van der Waals surface area contributed by atoms with Gasteiger partial charge in [0.1, 0.15) is 0 Å². The largest absolute Gasteiger partial charge is 0.256 e. The summed E-state index contributed by atoms with van der Waals surface area (Å²) in [6, 6.07) is 57.6. The molecule has 2 heterocycles. The summed E-state index contributed by atoms with van der Waals surface area (Å²) in [6.07, 6.45) is 3.86. The number of pyridine rings is 2. The lowest BCUT2D eigenvalue weighted by Gasteiger charge is -2.18. The van der Waals surface area contributed by atoms with Crippen LogP contribution in [0.3, 0.4) is 0 Å². The average molecular weight is 657 g/mol. The van der Waals surface area contributed by atoms with Gasteiger partial charge in [-0.3, -0.25) is 9.97 Å². The van der Waals surface area contributed by atoms with E-state index in [4.69, 9.17) is 9.97 Å². The van der Waals surface area contributed by atoms with E-state index < -0.39 is 0 Å². The topological polar surface area (TPSA) is 25.8 Å². The molecule has 0 saturated carbocycles. The Morgan fingerprint density at radius 1 is 0.288 bits per heavy atom. The molecule has 0 aliphatic carbocycles. The molecule has 12 aromatic rings. The first-order valence-corrected chi connectivity index (χ1v) is 17.9. The van der Waals surface area contributed by atoms with Gasteiger partial charge in [-0.05, 0) is 118 Å². The first-order chi connectivity index (χ1) is 25.8. The fourth-order valence-corrected chi connectivity index (χ4v) is 9.44. The van der Waals surface area contributed by atoms with Crippen molar-refractivity contribution in [2.45, 2.75) is 0 Å². The third-order valence-electron chi connectivity index (χ3n) is 11.4. The van der Waals surface area contributed by atoms with Gasteiger partial charge in [0.15, 0.2) is 0 Å². The molecule has 52 heavy (non-hydrogen) atoms. The van der Waals surface area contributed by atoms with Crippen molar-refractivity contribution in [2.24, 2.45) is 0 Å². The van der Waals surface area contributed by atoms with Crippen molar-refractivity contribution in [1.82, 2.24) is 9.97 Å². The molecule has 0 spiro atoms. The van der Waals surface area contributed by atoms with Crippen molar-refractivity contribution in [1.29, 1.82) is 0 Å². The van der Waals surface area contributed by atoms with Crippen molar-refractivity contribution in [2.75, 3.05) is 0 Å². The van der Waals surface area contributed by atoms with Crippen LogP contribution < -0.4 is 0 Å². The van der Waals surface area contributed by atoms with E-state index in [0.29, 0.717) is 0 Å². The third kappa shape index (κ3) is 3.58. The lowest BCUT2D eigenvalue weighted by Crippen LogP contribution is -1.93. The maximum atomic E-state index is 5.12. The van der Waals surface area contributed by atoms with Gasteiger partial charge in [0.05, 0.1) is 11.4 Å². The molecule has 0 N–H and O–H groups in total. The molecule has 0 amide bonds. The highest BCUT2D eigenvalue weighted by Crippen LogP contribution is 2.55. The van der Waals surface area contributed by atoms with Gasteiger partial charge in [0.25, 0.3) is 0 Å². The van der Waals surface area contributed by atoms with Gasteiger partial charge in [-0.2, -0.15) is 0 Å². The van der Waals surface area contributed by atoms with E-state index in [1.54, 1.807) is 0 Å². The highest BCUT2D eigenvalue weighted by Gasteiger charge is 2.28. The minimum Gasteiger partial charge on any atom is -0.256 e. The molecule has 0 bridgehead atoms. The molecule has 2 aromatic heterocycles. The smallest absolute Gasteiger partial charge is 0.0714 e. The van der Waals surface area contributed by atoms with Crippen LogP contribution in [-0.2, 0) is 0 Å². The molecule has 10 aromatic carbocycles. The first-order valence-electron chi connectivity index (χ1n) is 17.9. The van der Waals surface area contributed by atoms with E-state index in [9.17, 15) is 0 Å². The molecule has 2 heteroatoms. The molecule has 0 radical (unpaired) electrons. The maximum absolute atomic E-state index is 5.12. The van der Waals surface area contributed by atoms with E-state index in [1.807, 2.05) is 24.5 Å². The summed E-state index contributed by atoms with van der Waals surface area (Å²) in [7, 11) is 0. The number of rotatable bonds is 3. The molecule has 0 fully saturated rings. The molecule has 238 valence electrons. The van der Waals surface area contributed by atoms with Crippen LogP contribution in [0.2, 0.25) is 0 Å². The second kappa shape index (κ2) is 10.3. The summed E-state index contributed by atoms with van der Waals surface area (Å²) in [5, 5.41) is 20.2. The molecular formula is C50H28N2. The van der Waals surface area contributed by atoms with Gasteiger partial charge < -0.3 is 0 Å². The number of nitrogens with zero attached hydrogens (tertiary/aromatic N) is 2. The van der Waals surface area contributed by atoms with Crippen molar-refractivity contribution < 1.29 is 0 Å². The zero-order valence-electron chi connectivity index (χ0n) is 28.1. The third-order valence-corrected chi connectivity index (χ3v) is 11.4. The summed E-state index contributed by atoms with van der Waals surface area (Å²) in [4.78, 5) is 10.2. The first kappa shape index (κ1) is 27.9. The fourth-order valence-electron chi connectivity index (χ4n) is 9.44. The Morgan fingerprint density at radius 3 is 1.67 bits per heavy atom. The van der Waals surface area contributed by atoms with Gasteiger partial charge >= 0.3 is 0 Å². The Bertz CT molecular complexity index is 3370. The summed E-state index contributed by atoms with van der Waals surface area (Å²) >= 11 is 0. The zero-order chi connectivity index (χ0) is 33.9. The number of aromatic nitrogens is 2. The maximum Gasteiger partial charge on any atom is 0.0714 e. The van der Waals surface area contributed by atoms with Crippen molar-refractivity contribution in [3.05, 3.63) is 170 Å². The van der Waals surface area contributed by atoms with Gasteiger partial charge in [0.2, 0.25) is 0 Å². The Kier molecular flexibility index (Phi) is 5.53. The molecule has 12 rings (SSSR count). The molecular weight excluding hydrogens is 629 g/mol. The lowest BCUT2D eigenvalue weighted by atomic mass is 9.86. The van der Waals surface area contributed by atoms with E-state index >= 15 is 0 Å². The van der Waals surface area contributed by atoms with Crippen LogP contribution in [0.1, 0.15) is 0 Å². The summed E-state index contributed by atoms with van der Waals surface area (Å²) in [5.41, 5.74) is 6.77. The number of fused-ring (bicyclic) bond motifs is 10. The van der Waals surface area contributed by atoms with E-state index in [0.717, 1.165) is 11.4 Å². The molecule has 2 nitrogen and oxygen atoms in total. The van der Waals surface area contributed by atoms with Gasteiger partial charge in [-0.25, -0.2) is 0 Å². The highest BCUT2D eigenvalue weighted by molar-refractivity contribution is 6.46. The van der Waals surface area contributed by atoms with Crippen LogP contribution in [0, 0.1) is 0 Å². The Labute approximate surface area is 298 Å². The average Bonchev–Trinajstić information content (AvgIpc) is 3.72. The number of hydrogen-bond acceptors (Lipinski definition) is 2. The monoisotopic (exact) mass is 656 g/mol. The van der Waals surface area contributed by atoms with Gasteiger partial charge in [0, 0.05) is 39.7 Å². The SMILES string of the molecule is c1ccc(-c2ccc3c4c(-c5ccccn5)c5cc6c7ccccc7c7cccc(c5c(-c5ccccn5)c4c4cc5ccccc5c2c34)c76)cc1. The van der Waals surface area contributed by atoms with E-state index in [2.05, 4.69) is 146 Å². The predicted molar refractivity (Wildman–Crippen MR) is 221 cm³/mol. The van der Waals surface area contributed by atoms with E-state index in [-0.39, 0.29) is 0 Å². The second-order valence-corrected chi connectivity index (χ2v) is 14.0. The quantitative estimate of drug-likeness (QED) is 0.177. The van der Waals surface area contributed by atoms with Crippen molar-refractivity contribution in [3.63, 3.8) is 0 Å². The Balaban J connectivity index is 1.44. The molecule has 0 atom stereocenters. The standard InChI is InChI=1S/C50H28N2/c1-2-13-29(14-3-1)32-23-24-37-45-39(27-30-15-4-5-16-31(30)44(32)45)49-48(37)47(41-21-8-10-25-51-41)40-28-38-34-18-7-6-17-33(34)35-19-12-20-36(43(35)38)46(40)50(49)42-22-9-11-26-52-42/h1-28H. The van der Waals surface area contributed by atoms with Crippen molar-refractivity contribution >= 4 is 86.2 Å². The molecule has 0 aliphatic rings. The van der Waals surface area contributed by atoms with Crippen LogP contribution in [-0.4, -0.2) is 9.97 Å². The van der Waals surface area contributed by atoms with Crippen LogP contribution >= 0.6 is 0 Å². The summed E-state index contributed by atoms with van der Waals surface area (Å²) in [5.74, 6) is 0. The Morgan fingerprint density at radius 2 is 0.904 bits per heavy atom. The fraction of sp³-hybridized carbons (Fsp3) is 0. The van der Waals surface area contributed by atoms with Crippen LogP contribution in [0.15, 0.2) is 170 Å².